The van der Waals surface area contributed by atoms with Crippen LogP contribution in [0.2, 0.25) is 0 Å². The van der Waals surface area contributed by atoms with Crippen LogP contribution in [0.15, 0.2) is 0 Å². The van der Waals surface area contributed by atoms with Crippen LogP contribution in [0.1, 0.15) is 32.1 Å². The molecule has 108 valence electrons. The number of rotatable bonds is 3. The molecule has 1 saturated carbocycles. The molecule has 1 saturated heterocycles. The Hall–Kier alpha value is -1.30. The summed E-state index contributed by atoms with van der Waals surface area (Å²) >= 11 is 0. The van der Waals surface area contributed by atoms with E-state index in [1.54, 1.807) is 4.90 Å². The van der Waals surface area contributed by atoms with Gasteiger partial charge in [0.2, 0.25) is 0 Å². The van der Waals surface area contributed by atoms with Crippen molar-refractivity contribution in [3.8, 4) is 0 Å². The largest absolute Gasteiger partial charge is 0.481 e. The fraction of sp³-hybridized carbons (Fsp3) is 0.846. The van der Waals surface area contributed by atoms with Gasteiger partial charge in [0.05, 0.1) is 12.0 Å². The molecular formula is C13H23N3O3. The SMILES string of the molecule is CN1CCN(C(=O)NC2(CC(=O)O)CCCC2)CC1. The van der Waals surface area contributed by atoms with E-state index in [2.05, 4.69) is 10.2 Å². The maximum atomic E-state index is 12.3. The number of nitrogens with one attached hydrogen (secondary N) is 1. The Kier molecular flexibility index (Phi) is 4.29. The Morgan fingerprint density at radius 1 is 1.16 bits per heavy atom. The van der Waals surface area contributed by atoms with Gasteiger partial charge in [0.15, 0.2) is 0 Å². The van der Waals surface area contributed by atoms with E-state index in [1.807, 2.05) is 7.05 Å². The molecule has 6 nitrogen and oxygen atoms in total. The zero-order valence-corrected chi connectivity index (χ0v) is 11.5. The number of hydrogen-bond donors (Lipinski definition) is 2. The second kappa shape index (κ2) is 5.77. The van der Waals surface area contributed by atoms with Crippen LogP contribution in [0.25, 0.3) is 0 Å². The lowest BCUT2D eigenvalue weighted by molar-refractivity contribution is -0.138. The predicted octanol–water partition coefficient (Wildman–Crippen LogP) is 0.731. The Morgan fingerprint density at radius 2 is 1.74 bits per heavy atom. The summed E-state index contributed by atoms with van der Waals surface area (Å²) in [6.07, 6.45) is 3.58. The van der Waals surface area contributed by atoms with Gasteiger partial charge < -0.3 is 20.2 Å². The lowest BCUT2D eigenvalue weighted by Gasteiger charge is -2.36. The van der Waals surface area contributed by atoms with E-state index in [0.29, 0.717) is 13.1 Å². The van der Waals surface area contributed by atoms with Crippen LogP contribution in [0.4, 0.5) is 4.79 Å². The van der Waals surface area contributed by atoms with Crippen molar-refractivity contribution in [2.45, 2.75) is 37.6 Å². The minimum atomic E-state index is -0.833. The summed E-state index contributed by atoms with van der Waals surface area (Å²) < 4.78 is 0. The first-order chi connectivity index (χ1) is 9.01. The number of carbonyl (C=O) groups is 2. The van der Waals surface area contributed by atoms with Crippen LogP contribution in [0, 0.1) is 0 Å². The monoisotopic (exact) mass is 269 g/mol. The second-order valence-electron chi connectivity index (χ2n) is 5.78. The molecule has 0 aromatic heterocycles. The Labute approximate surface area is 113 Å². The third-order valence-electron chi connectivity index (χ3n) is 4.21. The van der Waals surface area contributed by atoms with Crippen LogP contribution >= 0.6 is 0 Å². The number of aliphatic carboxylic acids is 1. The topological polar surface area (TPSA) is 72.9 Å². The van der Waals surface area contributed by atoms with Crippen molar-refractivity contribution in [3.05, 3.63) is 0 Å². The van der Waals surface area contributed by atoms with Crippen molar-refractivity contribution in [2.75, 3.05) is 33.2 Å². The first kappa shape index (κ1) is 14.1. The van der Waals surface area contributed by atoms with Gasteiger partial charge in [0.25, 0.3) is 0 Å². The molecular weight excluding hydrogens is 246 g/mol. The molecule has 0 radical (unpaired) electrons. The first-order valence-corrected chi connectivity index (χ1v) is 6.98. The van der Waals surface area contributed by atoms with E-state index < -0.39 is 11.5 Å². The molecule has 0 atom stereocenters. The normalized spacial score (nSPS) is 23.3. The lowest BCUT2D eigenvalue weighted by Crippen LogP contribution is -2.56. The van der Waals surface area contributed by atoms with Crippen molar-refractivity contribution in [1.82, 2.24) is 15.1 Å². The van der Waals surface area contributed by atoms with Gasteiger partial charge in [-0.15, -0.1) is 0 Å². The zero-order valence-electron chi connectivity index (χ0n) is 11.5. The smallest absolute Gasteiger partial charge is 0.317 e. The summed E-state index contributed by atoms with van der Waals surface area (Å²) in [5, 5.41) is 12.0. The zero-order chi connectivity index (χ0) is 13.9. The molecule has 2 rings (SSSR count). The predicted molar refractivity (Wildman–Crippen MR) is 71.1 cm³/mol. The maximum absolute atomic E-state index is 12.3. The average Bonchev–Trinajstić information content (AvgIpc) is 2.77. The molecule has 0 aromatic carbocycles. The maximum Gasteiger partial charge on any atom is 0.317 e. The van der Waals surface area contributed by atoms with E-state index in [-0.39, 0.29) is 12.5 Å². The first-order valence-electron chi connectivity index (χ1n) is 6.98. The quantitative estimate of drug-likeness (QED) is 0.792. The van der Waals surface area contributed by atoms with E-state index in [0.717, 1.165) is 38.8 Å². The van der Waals surface area contributed by atoms with Gasteiger partial charge in [0, 0.05) is 26.2 Å². The summed E-state index contributed by atoms with van der Waals surface area (Å²) in [7, 11) is 2.04. The van der Waals surface area contributed by atoms with Crippen LogP contribution in [-0.4, -0.2) is 65.7 Å². The fourth-order valence-electron chi connectivity index (χ4n) is 3.00. The highest BCUT2D eigenvalue weighted by Gasteiger charge is 2.38. The second-order valence-corrected chi connectivity index (χ2v) is 5.78. The molecule has 2 aliphatic rings. The molecule has 0 bridgehead atoms. The highest BCUT2D eigenvalue weighted by atomic mass is 16.4. The molecule has 6 heteroatoms. The minimum absolute atomic E-state index is 0.0342. The summed E-state index contributed by atoms with van der Waals surface area (Å²) in [6.45, 7) is 3.18. The summed E-state index contributed by atoms with van der Waals surface area (Å²) in [5.41, 5.74) is -0.522. The van der Waals surface area contributed by atoms with Gasteiger partial charge in [-0.2, -0.15) is 0 Å². The molecule has 2 fully saturated rings. The molecule has 0 unspecified atom stereocenters. The van der Waals surface area contributed by atoms with Crippen LogP contribution < -0.4 is 5.32 Å². The van der Waals surface area contributed by atoms with Crippen LogP contribution in [0.3, 0.4) is 0 Å². The van der Waals surface area contributed by atoms with Gasteiger partial charge in [-0.05, 0) is 19.9 Å². The summed E-state index contributed by atoms with van der Waals surface area (Å²) in [4.78, 5) is 27.2. The van der Waals surface area contributed by atoms with Crippen molar-refractivity contribution in [3.63, 3.8) is 0 Å². The minimum Gasteiger partial charge on any atom is -0.481 e. The van der Waals surface area contributed by atoms with Gasteiger partial charge in [0.1, 0.15) is 0 Å². The number of carboxylic acids is 1. The number of likely N-dealkylation sites (N-methyl/N-ethyl adjacent to an activating group) is 1. The van der Waals surface area contributed by atoms with E-state index in [1.165, 1.54) is 0 Å². The molecule has 0 aromatic rings. The fourth-order valence-corrected chi connectivity index (χ4v) is 3.00. The standard InChI is InChI=1S/C13H23N3O3/c1-15-6-8-16(9-7-15)12(19)14-13(10-11(17)18)4-2-3-5-13/h2-10H2,1H3,(H,14,19)(H,17,18). The number of carbonyl (C=O) groups excluding carboxylic acids is 1. The average molecular weight is 269 g/mol. The van der Waals surface area contributed by atoms with Crippen molar-refractivity contribution < 1.29 is 14.7 Å². The van der Waals surface area contributed by atoms with Crippen molar-refractivity contribution in [1.29, 1.82) is 0 Å². The van der Waals surface area contributed by atoms with E-state index in [9.17, 15) is 9.59 Å². The number of hydrogen-bond acceptors (Lipinski definition) is 3. The van der Waals surface area contributed by atoms with Gasteiger partial charge in [-0.25, -0.2) is 4.79 Å². The van der Waals surface area contributed by atoms with Gasteiger partial charge in [-0.1, -0.05) is 12.8 Å². The highest BCUT2D eigenvalue weighted by Crippen LogP contribution is 2.32. The third-order valence-corrected chi connectivity index (χ3v) is 4.21. The number of nitrogens with zero attached hydrogens (tertiary/aromatic N) is 2. The molecule has 19 heavy (non-hydrogen) atoms. The van der Waals surface area contributed by atoms with E-state index >= 15 is 0 Å². The van der Waals surface area contributed by atoms with Crippen LogP contribution in [-0.2, 0) is 4.79 Å². The molecule has 1 heterocycles. The summed E-state index contributed by atoms with van der Waals surface area (Å²) in [5.74, 6) is -0.833. The highest BCUT2D eigenvalue weighted by molar-refractivity contribution is 5.77. The third kappa shape index (κ3) is 3.59. The summed E-state index contributed by atoms with van der Waals surface area (Å²) in [6, 6.07) is -0.101. The van der Waals surface area contributed by atoms with E-state index in [4.69, 9.17) is 5.11 Å². The molecule has 0 spiro atoms. The molecule has 2 N–H and O–H groups in total. The molecule has 2 amide bonds. The Bertz CT molecular complexity index is 345. The number of amides is 2. The number of urea groups is 1. The Morgan fingerprint density at radius 3 is 2.26 bits per heavy atom. The van der Waals surface area contributed by atoms with Crippen LogP contribution in [0.5, 0.6) is 0 Å². The van der Waals surface area contributed by atoms with Crippen molar-refractivity contribution in [2.24, 2.45) is 0 Å². The lowest BCUT2D eigenvalue weighted by atomic mass is 9.93. The molecule has 1 aliphatic heterocycles. The number of carboxylic acid groups (broad SMARTS) is 1. The van der Waals surface area contributed by atoms with Crippen molar-refractivity contribution >= 4 is 12.0 Å². The Balaban J connectivity index is 1.93. The van der Waals surface area contributed by atoms with Gasteiger partial charge >= 0.3 is 12.0 Å². The van der Waals surface area contributed by atoms with Gasteiger partial charge in [-0.3, -0.25) is 4.79 Å². The molecule has 1 aliphatic carbocycles. The number of piperazine rings is 1.